The molecule has 0 aliphatic rings. The van der Waals surface area contributed by atoms with Crippen LogP contribution in [-0.4, -0.2) is 16.1 Å². The van der Waals surface area contributed by atoms with E-state index < -0.39 is 23.8 Å². The predicted molar refractivity (Wildman–Crippen MR) is 103 cm³/mol. The standard InChI is InChI=1S/C21H16F3NO3S/c22-21(23,24)17-5-1-3-14(9-17)12-28-20(27)18(10-15-6-8-29-13-15)19(26)16-4-2-7-25-11-16/h1-11,13,19,26H,12H2/b18-10-. The molecule has 2 heterocycles. The maximum Gasteiger partial charge on any atom is 0.416 e. The highest BCUT2D eigenvalue weighted by Crippen LogP contribution is 2.30. The monoisotopic (exact) mass is 419 g/mol. The largest absolute Gasteiger partial charge is 0.457 e. The molecule has 0 saturated carbocycles. The number of carbonyl (C=O) groups excluding carboxylic acids is 1. The fraction of sp³-hybridized carbons (Fsp3) is 0.143. The summed E-state index contributed by atoms with van der Waals surface area (Å²) in [5.74, 6) is -0.829. The van der Waals surface area contributed by atoms with Gasteiger partial charge in [0.05, 0.1) is 11.1 Å². The number of thiophene rings is 1. The molecule has 0 aliphatic carbocycles. The molecule has 1 aromatic carbocycles. The molecule has 0 radical (unpaired) electrons. The minimum absolute atomic E-state index is 0.0385. The van der Waals surface area contributed by atoms with Crippen LogP contribution < -0.4 is 0 Å². The quantitative estimate of drug-likeness (QED) is 0.450. The van der Waals surface area contributed by atoms with E-state index in [2.05, 4.69) is 4.98 Å². The third-order valence-electron chi connectivity index (χ3n) is 4.02. The molecule has 1 unspecified atom stereocenters. The Morgan fingerprint density at radius 1 is 1.24 bits per heavy atom. The lowest BCUT2D eigenvalue weighted by atomic mass is 10.0. The zero-order valence-corrected chi connectivity index (χ0v) is 15.8. The van der Waals surface area contributed by atoms with Gasteiger partial charge in [0.1, 0.15) is 12.7 Å². The minimum Gasteiger partial charge on any atom is -0.457 e. The number of aliphatic hydroxyl groups excluding tert-OH is 1. The molecular weight excluding hydrogens is 403 g/mol. The molecule has 150 valence electrons. The van der Waals surface area contributed by atoms with Crippen molar-refractivity contribution in [3.63, 3.8) is 0 Å². The Morgan fingerprint density at radius 3 is 2.72 bits per heavy atom. The Hall–Kier alpha value is -2.97. The smallest absolute Gasteiger partial charge is 0.416 e. The maximum atomic E-state index is 12.8. The number of benzene rings is 1. The summed E-state index contributed by atoms with van der Waals surface area (Å²) in [6, 6.07) is 9.54. The molecule has 1 N–H and O–H groups in total. The fourth-order valence-corrected chi connectivity index (χ4v) is 3.19. The zero-order chi connectivity index (χ0) is 20.9. The van der Waals surface area contributed by atoms with Gasteiger partial charge in [-0.05, 0) is 52.2 Å². The fourth-order valence-electron chi connectivity index (χ4n) is 2.57. The summed E-state index contributed by atoms with van der Waals surface area (Å²) in [6.07, 6.45) is -1.34. The van der Waals surface area contributed by atoms with Gasteiger partial charge in [0.25, 0.3) is 0 Å². The lowest BCUT2D eigenvalue weighted by Gasteiger charge is -2.15. The van der Waals surface area contributed by atoms with Crippen LogP contribution in [0.5, 0.6) is 0 Å². The summed E-state index contributed by atoms with van der Waals surface area (Å²) in [5.41, 5.74) is 0.423. The minimum atomic E-state index is -4.49. The normalized spacial score (nSPS) is 13.2. The van der Waals surface area contributed by atoms with Crippen molar-refractivity contribution in [1.29, 1.82) is 0 Å². The molecule has 2 aromatic heterocycles. The first-order valence-corrected chi connectivity index (χ1v) is 9.44. The van der Waals surface area contributed by atoms with Crippen LogP contribution >= 0.6 is 11.3 Å². The topological polar surface area (TPSA) is 59.4 Å². The van der Waals surface area contributed by atoms with Crippen LogP contribution in [0.2, 0.25) is 0 Å². The average molecular weight is 419 g/mol. The van der Waals surface area contributed by atoms with Crippen LogP contribution in [-0.2, 0) is 22.3 Å². The SMILES string of the molecule is O=C(OCc1cccc(C(F)(F)F)c1)/C(=C\c1ccsc1)C(O)c1cccnc1. The van der Waals surface area contributed by atoms with E-state index in [0.29, 0.717) is 11.1 Å². The van der Waals surface area contributed by atoms with Crippen LogP contribution in [0, 0.1) is 0 Å². The molecule has 0 bridgehead atoms. The highest BCUT2D eigenvalue weighted by atomic mass is 32.1. The van der Waals surface area contributed by atoms with E-state index in [9.17, 15) is 23.1 Å². The molecule has 29 heavy (non-hydrogen) atoms. The summed E-state index contributed by atoms with van der Waals surface area (Å²) in [4.78, 5) is 16.6. The third kappa shape index (κ3) is 5.52. The van der Waals surface area contributed by atoms with Crippen LogP contribution in [0.25, 0.3) is 6.08 Å². The molecule has 0 fully saturated rings. The van der Waals surface area contributed by atoms with Gasteiger partial charge in [-0.2, -0.15) is 24.5 Å². The van der Waals surface area contributed by atoms with Gasteiger partial charge >= 0.3 is 12.1 Å². The molecule has 4 nitrogen and oxygen atoms in total. The Kier molecular flexibility index (Phi) is 6.46. The number of aromatic nitrogens is 1. The van der Waals surface area contributed by atoms with E-state index in [4.69, 9.17) is 4.74 Å². The molecule has 3 aromatic rings. The lowest BCUT2D eigenvalue weighted by Crippen LogP contribution is -2.15. The molecule has 0 spiro atoms. The second-order valence-corrected chi connectivity index (χ2v) is 6.90. The Balaban J connectivity index is 1.81. The van der Waals surface area contributed by atoms with Crippen molar-refractivity contribution in [2.24, 2.45) is 0 Å². The number of hydrogen-bond acceptors (Lipinski definition) is 5. The van der Waals surface area contributed by atoms with E-state index in [1.165, 1.54) is 41.9 Å². The van der Waals surface area contributed by atoms with Crippen molar-refractivity contribution in [3.05, 3.63) is 93.4 Å². The first-order chi connectivity index (χ1) is 13.8. The van der Waals surface area contributed by atoms with Gasteiger partial charge in [0, 0.05) is 18.0 Å². The van der Waals surface area contributed by atoms with Crippen molar-refractivity contribution >= 4 is 23.4 Å². The van der Waals surface area contributed by atoms with Crippen molar-refractivity contribution in [1.82, 2.24) is 4.98 Å². The van der Waals surface area contributed by atoms with E-state index in [1.807, 2.05) is 5.38 Å². The molecule has 0 amide bonds. The first kappa shape index (κ1) is 20.8. The predicted octanol–water partition coefficient (Wildman–Crippen LogP) is 5.02. The molecule has 3 rings (SSSR count). The van der Waals surface area contributed by atoms with Crippen LogP contribution in [0.4, 0.5) is 13.2 Å². The van der Waals surface area contributed by atoms with Crippen molar-refractivity contribution < 1.29 is 27.8 Å². The van der Waals surface area contributed by atoms with Gasteiger partial charge < -0.3 is 9.84 Å². The molecule has 8 heteroatoms. The van der Waals surface area contributed by atoms with Gasteiger partial charge in [0.2, 0.25) is 0 Å². The zero-order valence-electron chi connectivity index (χ0n) is 15.0. The van der Waals surface area contributed by atoms with Gasteiger partial charge in [-0.1, -0.05) is 18.2 Å². The van der Waals surface area contributed by atoms with Crippen LogP contribution in [0.15, 0.2) is 71.2 Å². The van der Waals surface area contributed by atoms with Crippen molar-refractivity contribution in [2.75, 3.05) is 0 Å². The average Bonchev–Trinajstić information content (AvgIpc) is 3.23. The van der Waals surface area contributed by atoms with Crippen molar-refractivity contribution in [3.8, 4) is 0 Å². The first-order valence-electron chi connectivity index (χ1n) is 8.49. The number of halogens is 3. The summed E-state index contributed by atoms with van der Waals surface area (Å²) in [6.45, 7) is -0.358. The van der Waals surface area contributed by atoms with Gasteiger partial charge in [0.15, 0.2) is 0 Å². The highest BCUT2D eigenvalue weighted by molar-refractivity contribution is 7.08. The number of esters is 1. The number of hydrogen-bond donors (Lipinski definition) is 1. The number of rotatable bonds is 6. The Morgan fingerprint density at radius 2 is 2.07 bits per heavy atom. The molecule has 1 atom stereocenters. The number of ether oxygens (including phenoxy) is 1. The Labute approximate surface area is 168 Å². The lowest BCUT2D eigenvalue weighted by molar-refractivity contribution is -0.141. The summed E-state index contributed by atoms with van der Waals surface area (Å²) in [5, 5.41) is 14.2. The number of alkyl halides is 3. The summed E-state index contributed by atoms with van der Waals surface area (Å²) < 4.78 is 43.7. The van der Waals surface area contributed by atoms with E-state index in [1.54, 1.807) is 23.6 Å². The second-order valence-electron chi connectivity index (χ2n) is 6.12. The molecular formula is C21H16F3NO3S. The second kappa shape index (κ2) is 9.02. The van der Waals surface area contributed by atoms with E-state index in [-0.39, 0.29) is 17.7 Å². The third-order valence-corrected chi connectivity index (χ3v) is 4.72. The number of nitrogens with zero attached hydrogens (tertiary/aromatic N) is 1. The van der Waals surface area contributed by atoms with Gasteiger partial charge in [-0.3, -0.25) is 4.98 Å². The van der Waals surface area contributed by atoms with Crippen molar-refractivity contribution in [2.45, 2.75) is 18.9 Å². The molecule has 0 saturated heterocycles. The van der Waals surface area contributed by atoms with E-state index in [0.717, 1.165) is 12.1 Å². The number of aliphatic hydroxyl groups is 1. The summed E-state index contributed by atoms with van der Waals surface area (Å²) >= 11 is 1.42. The Bertz CT molecular complexity index is 986. The molecule has 0 aliphatic heterocycles. The number of pyridine rings is 1. The van der Waals surface area contributed by atoms with Crippen LogP contribution in [0.3, 0.4) is 0 Å². The maximum absolute atomic E-state index is 12.8. The van der Waals surface area contributed by atoms with Gasteiger partial charge in [-0.25, -0.2) is 4.79 Å². The summed E-state index contributed by atoms with van der Waals surface area (Å²) in [7, 11) is 0. The van der Waals surface area contributed by atoms with Crippen LogP contribution in [0.1, 0.15) is 28.4 Å². The highest BCUT2D eigenvalue weighted by Gasteiger charge is 2.30. The van der Waals surface area contributed by atoms with E-state index >= 15 is 0 Å². The van der Waals surface area contributed by atoms with Gasteiger partial charge in [-0.15, -0.1) is 0 Å². The number of carbonyl (C=O) groups is 1.